The van der Waals surface area contributed by atoms with Gasteiger partial charge in [0.1, 0.15) is 5.82 Å². The van der Waals surface area contributed by atoms with Gasteiger partial charge in [0.2, 0.25) is 0 Å². The Balaban J connectivity index is 2.91. The Hall–Kier alpha value is -1.32. The smallest absolute Gasteiger partial charge is 0.309 e. The first-order valence-corrected chi connectivity index (χ1v) is 3.88. The summed E-state index contributed by atoms with van der Waals surface area (Å²) in [6.07, 6.45) is 1.67. The average Bonchev–Trinajstić information content (AvgIpc) is 2.30. The third kappa shape index (κ3) is 1.64. The van der Waals surface area contributed by atoms with Gasteiger partial charge in [-0.1, -0.05) is 0 Å². The van der Waals surface area contributed by atoms with Crippen molar-refractivity contribution >= 4 is 5.97 Å². The minimum absolute atomic E-state index is 0.0503. The van der Waals surface area contributed by atoms with E-state index in [1.807, 2.05) is 18.4 Å². The van der Waals surface area contributed by atoms with Crippen LogP contribution in [0, 0.1) is 6.92 Å². The molecule has 1 aromatic rings. The zero-order valence-electron chi connectivity index (χ0n) is 7.24. The molecule has 1 aromatic heterocycles. The van der Waals surface area contributed by atoms with Crippen molar-refractivity contribution < 1.29 is 9.90 Å². The predicted octanol–water partition coefficient (Wildman–Crippen LogP) is 0.839. The number of aliphatic carboxylic acids is 1. The Labute approximate surface area is 70.9 Å². The summed E-state index contributed by atoms with van der Waals surface area (Å²) >= 11 is 0. The van der Waals surface area contributed by atoms with E-state index in [1.54, 1.807) is 6.20 Å². The molecule has 4 heteroatoms. The summed E-state index contributed by atoms with van der Waals surface area (Å²) in [6, 6.07) is 0. The minimum atomic E-state index is -0.815. The molecule has 0 saturated heterocycles. The molecule has 0 fully saturated rings. The van der Waals surface area contributed by atoms with Crippen molar-refractivity contribution in [2.45, 2.75) is 26.8 Å². The molecule has 0 aliphatic heterocycles. The van der Waals surface area contributed by atoms with Crippen molar-refractivity contribution in [1.29, 1.82) is 0 Å². The molecular formula is C8H12N2O2. The maximum Gasteiger partial charge on any atom is 0.309 e. The molecule has 0 aliphatic carbocycles. The number of hydrogen-bond acceptors (Lipinski definition) is 2. The standard InChI is InChI=1S/C8H12N2O2/c1-3-10-6(2)9-5-7(10)4-8(11)12/h5H,3-4H2,1-2H3,(H,11,12). The topological polar surface area (TPSA) is 55.1 Å². The van der Waals surface area contributed by atoms with Gasteiger partial charge in [0.25, 0.3) is 0 Å². The van der Waals surface area contributed by atoms with Crippen LogP contribution < -0.4 is 0 Å². The molecule has 0 atom stereocenters. The number of carboxylic acids is 1. The molecule has 66 valence electrons. The fraction of sp³-hybridized carbons (Fsp3) is 0.500. The summed E-state index contributed by atoms with van der Waals surface area (Å²) in [5.41, 5.74) is 0.766. The second kappa shape index (κ2) is 3.38. The molecule has 12 heavy (non-hydrogen) atoms. The normalized spacial score (nSPS) is 10.2. The molecule has 0 unspecified atom stereocenters. The SMILES string of the molecule is CCn1c(CC(=O)O)cnc1C. The van der Waals surface area contributed by atoms with Gasteiger partial charge in [0, 0.05) is 18.4 Å². The maximum atomic E-state index is 10.4. The van der Waals surface area contributed by atoms with E-state index in [-0.39, 0.29) is 6.42 Å². The average molecular weight is 168 g/mol. The number of nitrogens with zero attached hydrogens (tertiary/aromatic N) is 2. The summed E-state index contributed by atoms with van der Waals surface area (Å²) in [6.45, 7) is 4.61. The quantitative estimate of drug-likeness (QED) is 0.727. The van der Waals surface area contributed by atoms with E-state index in [1.165, 1.54) is 0 Å². The van der Waals surface area contributed by atoms with Crippen LogP contribution in [-0.2, 0) is 17.8 Å². The Morgan fingerprint density at radius 3 is 2.92 bits per heavy atom. The van der Waals surface area contributed by atoms with Crippen molar-refractivity contribution in [3.8, 4) is 0 Å². The number of hydrogen-bond donors (Lipinski definition) is 1. The largest absolute Gasteiger partial charge is 0.481 e. The first kappa shape index (κ1) is 8.77. The number of imidazole rings is 1. The Kier molecular flexibility index (Phi) is 2.47. The molecule has 1 rings (SSSR count). The van der Waals surface area contributed by atoms with E-state index in [4.69, 9.17) is 5.11 Å². The van der Waals surface area contributed by atoms with E-state index in [9.17, 15) is 4.79 Å². The maximum absolute atomic E-state index is 10.4. The summed E-state index contributed by atoms with van der Waals surface area (Å²) in [4.78, 5) is 14.4. The lowest BCUT2D eigenvalue weighted by Crippen LogP contribution is -2.08. The van der Waals surface area contributed by atoms with Crippen LogP contribution in [-0.4, -0.2) is 20.6 Å². The van der Waals surface area contributed by atoms with E-state index < -0.39 is 5.97 Å². The Bertz CT molecular complexity index is 291. The van der Waals surface area contributed by atoms with Crippen LogP contribution in [0.1, 0.15) is 18.4 Å². The monoisotopic (exact) mass is 168 g/mol. The summed E-state index contributed by atoms with van der Waals surface area (Å²) < 4.78 is 1.90. The van der Waals surface area contributed by atoms with Gasteiger partial charge in [-0.05, 0) is 13.8 Å². The molecular weight excluding hydrogens is 156 g/mol. The van der Waals surface area contributed by atoms with Crippen LogP contribution in [0.4, 0.5) is 0 Å². The van der Waals surface area contributed by atoms with E-state index in [0.29, 0.717) is 0 Å². The van der Waals surface area contributed by atoms with Crippen molar-refractivity contribution in [3.05, 3.63) is 17.7 Å². The van der Waals surface area contributed by atoms with E-state index >= 15 is 0 Å². The molecule has 1 N–H and O–H groups in total. The molecule has 4 nitrogen and oxygen atoms in total. The highest BCUT2D eigenvalue weighted by Gasteiger charge is 2.07. The van der Waals surface area contributed by atoms with Gasteiger partial charge >= 0.3 is 5.97 Å². The molecule has 0 aromatic carbocycles. The van der Waals surface area contributed by atoms with Gasteiger partial charge in [0.05, 0.1) is 6.42 Å². The summed E-state index contributed by atoms with van der Waals surface area (Å²) in [5.74, 6) is 0.0540. The van der Waals surface area contributed by atoms with E-state index in [2.05, 4.69) is 4.98 Å². The van der Waals surface area contributed by atoms with Crippen LogP contribution in [0.2, 0.25) is 0 Å². The molecule has 0 saturated carbocycles. The van der Waals surface area contributed by atoms with Gasteiger partial charge in [-0.2, -0.15) is 0 Å². The van der Waals surface area contributed by atoms with Gasteiger partial charge in [-0.15, -0.1) is 0 Å². The molecule has 0 aliphatic rings. The van der Waals surface area contributed by atoms with E-state index in [0.717, 1.165) is 18.1 Å². The lowest BCUT2D eigenvalue weighted by Gasteiger charge is -2.03. The zero-order valence-corrected chi connectivity index (χ0v) is 7.24. The predicted molar refractivity (Wildman–Crippen MR) is 44.0 cm³/mol. The third-order valence-electron chi connectivity index (χ3n) is 1.79. The van der Waals surface area contributed by atoms with Crippen LogP contribution in [0.25, 0.3) is 0 Å². The third-order valence-corrected chi connectivity index (χ3v) is 1.79. The molecule has 0 spiro atoms. The molecule has 0 amide bonds. The van der Waals surface area contributed by atoms with Gasteiger partial charge in [0.15, 0.2) is 0 Å². The zero-order chi connectivity index (χ0) is 9.14. The summed E-state index contributed by atoms with van der Waals surface area (Å²) in [7, 11) is 0. The summed E-state index contributed by atoms with van der Waals surface area (Å²) in [5, 5.41) is 8.56. The Morgan fingerprint density at radius 2 is 2.42 bits per heavy atom. The second-order valence-electron chi connectivity index (χ2n) is 2.61. The highest BCUT2D eigenvalue weighted by Crippen LogP contribution is 2.04. The Morgan fingerprint density at radius 1 is 1.75 bits per heavy atom. The molecule has 1 heterocycles. The van der Waals surface area contributed by atoms with Gasteiger partial charge in [-0.3, -0.25) is 4.79 Å². The van der Waals surface area contributed by atoms with Crippen molar-refractivity contribution in [2.24, 2.45) is 0 Å². The van der Waals surface area contributed by atoms with Crippen LogP contribution in [0.5, 0.6) is 0 Å². The number of aromatic nitrogens is 2. The lowest BCUT2D eigenvalue weighted by atomic mass is 10.3. The number of aryl methyl sites for hydroxylation is 1. The van der Waals surface area contributed by atoms with Crippen LogP contribution >= 0.6 is 0 Å². The lowest BCUT2D eigenvalue weighted by molar-refractivity contribution is -0.136. The fourth-order valence-corrected chi connectivity index (χ4v) is 1.24. The van der Waals surface area contributed by atoms with Gasteiger partial charge < -0.3 is 9.67 Å². The van der Waals surface area contributed by atoms with Crippen LogP contribution in [0.3, 0.4) is 0 Å². The number of carboxylic acid groups (broad SMARTS) is 1. The van der Waals surface area contributed by atoms with Gasteiger partial charge in [-0.25, -0.2) is 4.98 Å². The molecule has 0 bridgehead atoms. The second-order valence-corrected chi connectivity index (χ2v) is 2.61. The highest BCUT2D eigenvalue weighted by atomic mass is 16.4. The first-order chi connectivity index (χ1) is 5.65. The van der Waals surface area contributed by atoms with Crippen molar-refractivity contribution in [2.75, 3.05) is 0 Å². The number of rotatable bonds is 3. The first-order valence-electron chi connectivity index (χ1n) is 3.88. The number of carbonyl (C=O) groups is 1. The molecule has 0 radical (unpaired) electrons. The highest BCUT2D eigenvalue weighted by molar-refractivity contribution is 5.69. The van der Waals surface area contributed by atoms with Crippen molar-refractivity contribution in [1.82, 2.24) is 9.55 Å². The van der Waals surface area contributed by atoms with Crippen LogP contribution in [0.15, 0.2) is 6.20 Å². The fourth-order valence-electron chi connectivity index (χ4n) is 1.24. The van der Waals surface area contributed by atoms with Crippen molar-refractivity contribution in [3.63, 3.8) is 0 Å². The minimum Gasteiger partial charge on any atom is -0.481 e.